The van der Waals surface area contributed by atoms with E-state index >= 15 is 0 Å². The van der Waals surface area contributed by atoms with E-state index in [1.807, 2.05) is 37.3 Å². The molecule has 2 N–H and O–H groups in total. The van der Waals surface area contributed by atoms with Crippen molar-refractivity contribution in [2.24, 2.45) is 0 Å². The van der Waals surface area contributed by atoms with Crippen LogP contribution in [0, 0.1) is 6.92 Å². The second-order valence-corrected chi connectivity index (χ2v) is 5.11. The number of halogens is 1. The average molecular weight is 307 g/mol. The molecule has 0 bridgehead atoms. The summed E-state index contributed by atoms with van der Waals surface area (Å²) in [5.41, 5.74) is 2.95. The Morgan fingerprint density at radius 2 is 1.65 bits per heavy atom. The van der Waals surface area contributed by atoms with E-state index in [-0.39, 0.29) is 0 Å². The number of hydrogen-bond donors (Lipinski definition) is 2. The van der Waals surface area contributed by atoms with E-state index in [1.54, 1.807) is 19.2 Å². The van der Waals surface area contributed by atoms with Gasteiger partial charge in [0.15, 0.2) is 5.11 Å². The molecule has 0 amide bonds. The Hall–Kier alpha value is -1.78. The fraction of sp³-hybridized carbons (Fsp3) is 0.133. The lowest BCUT2D eigenvalue weighted by atomic mass is 10.2. The number of aryl methyl sites for hydroxylation is 1. The Morgan fingerprint density at radius 1 is 1.05 bits per heavy atom. The highest BCUT2D eigenvalue weighted by Gasteiger charge is 2.03. The van der Waals surface area contributed by atoms with Crippen molar-refractivity contribution in [3.63, 3.8) is 0 Å². The second kappa shape index (κ2) is 6.59. The molecule has 0 aromatic heterocycles. The molecule has 0 spiro atoms. The number of anilines is 2. The van der Waals surface area contributed by atoms with Gasteiger partial charge < -0.3 is 15.4 Å². The fourth-order valence-corrected chi connectivity index (χ4v) is 2.17. The van der Waals surface area contributed by atoms with Crippen LogP contribution in [0.2, 0.25) is 5.02 Å². The Bertz CT molecular complexity index is 614. The summed E-state index contributed by atoms with van der Waals surface area (Å²) in [4.78, 5) is 0. The van der Waals surface area contributed by atoms with Gasteiger partial charge in [0, 0.05) is 11.4 Å². The molecule has 104 valence electrons. The topological polar surface area (TPSA) is 33.3 Å². The van der Waals surface area contributed by atoms with Crippen LogP contribution in [0.1, 0.15) is 5.56 Å². The Kier molecular flexibility index (Phi) is 4.82. The number of rotatable bonds is 3. The van der Waals surface area contributed by atoms with Gasteiger partial charge in [0.05, 0.1) is 12.1 Å². The summed E-state index contributed by atoms with van der Waals surface area (Å²) in [5.74, 6) is 0.634. The maximum Gasteiger partial charge on any atom is 0.175 e. The van der Waals surface area contributed by atoms with Crippen molar-refractivity contribution in [1.82, 2.24) is 0 Å². The molecule has 0 fully saturated rings. The van der Waals surface area contributed by atoms with E-state index in [9.17, 15) is 0 Å². The minimum absolute atomic E-state index is 0.509. The lowest BCUT2D eigenvalue weighted by Crippen LogP contribution is -2.18. The number of methoxy groups -OCH3 is 1. The first-order valence-electron chi connectivity index (χ1n) is 6.06. The Balaban J connectivity index is 2.01. The summed E-state index contributed by atoms with van der Waals surface area (Å²) >= 11 is 11.3. The van der Waals surface area contributed by atoms with Gasteiger partial charge >= 0.3 is 0 Å². The first-order chi connectivity index (χ1) is 9.58. The zero-order valence-corrected chi connectivity index (χ0v) is 12.8. The number of ether oxygens (including phenoxy) is 1. The predicted molar refractivity (Wildman–Crippen MR) is 89.0 cm³/mol. The molecule has 0 saturated carbocycles. The number of hydrogen-bond acceptors (Lipinski definition) is 2. The third-order valence-electron chi connectivity index (χ3n) is 2.72. The highest BCUT2D eigenvalue weighted by atomic mass is 35.5. The quantitative estimate of drug-likeness (QED) is 0.820. The molecule has 0 radical (unpaired) electrons. The third-order valence-corrected chi connectivity index (χ3v) is 3.22. The van der Waals surface area contributed by atoms with Crippen LogP contribution >= 0.6 is 23.8 Å². The number of thiocarbonyl (C=S) groups is 1. The second-order valence-electron chi connectivity index (χ2n) is 4.29. The lowest BCUT2D eigenvalue weighted by molar-refractivity contribution is 0.415. The van der Waals surface area contributed by atoms with Crippen molar-refractivity contribution in [2.45, 2.75) is 6.92 Å². The molecule has 3 nitrogen and oxygen atoms in total. The SMILES string of the molecule is COc1ccc(NC(=S)Nc2ccc(C)cc2)cc1Cl. The van der Waals surface area contributed by atoms with Gasteiger partial charge in [-0.1, -0.05) is 29.3 Å². The zero-order chi connectivity index (χ0) is 14.5. The summed E-state index contributed by atoms with van der Waals surface area (Å²) in [6.07, 6.45) is 0. The van der Waals surface area contributed by atoms with E-state index in [1.165, 1.54) is 5.56 Å². The molecular formula is C15H15ClN2OS. The van der Waals surface area contributed by atoms with Gasteiger partial charge in [-0.25, -0.2) is 0 Å². The molecule has 5 heteroatoms. The Labute approximate surface area is 128 Å². The molecule has 0 saturated heterocycles. The van der Waals surface area contributed by atoms with Crippen LogP contribution in [0.3, 0.4) is 0 Å². The summed E-state index contributed by atoms with van der Waals surface area (Å²) in [5, 5.41) is 7.24. The molecule has 0 aliphatic rings. The van der Waals surface area contributed by atoms with Gasteiger partial charge in [-0.15, -0.1) is 0 Å². The van der Waals surface area contributed by atoms with Crippen molar-refractivity contribution in [3.05, 3.63) is 53.1 Å². The average Bonchev–Trinajstić information content (AvgIpc) is 2.41. The van der Waals surface area contributed by atoms with Gasteiger partial charge in [-0.05, 0) is 49.5 Å². The maximum absolute atomic E-state index is 6.06. The van der Waals surface area contributed by atoms with Crippen molar-refractivity contribution in [1.29, 1.82) is 0 Å². The standard InChI is InChI=1S/C15H15ClN2OS/c1-10-3-5-11(6-4-10)17-15(20)18-12-7-8-14(19-2)13(16)9-12/h3-9H,1-2H3,(H2,17,18,20). The molecule has 0 heterocycles. The lowest BCUT2D eigenvalue weighted by Gasteiger charge is -2.12. The van der Waals surface area contributed by atoms with E-state index in [0.717, 1.165) is 11.4 Å². The summed E-state index contributed by atoms with van der Waals surface area (Å²) in [6.45, 7) is 2.04. The highest BCUT2D eigenvalue weighted by molar-refractivity contribution is 7.80. The van der Waals surface area contributed by atoms with Crippen molar-refractivity contribution in [2.75, 3.05) is 17.7 Å². The van der Waals surface area contributed by atoms with Gasteiger partial charge in [-0.2, -0.15) is 0 Å². The summed E-state index contributed by atoms with van der Waals surface area (Å²) in [7, 11) is 1.58. The fourth-order valence-electron chi connectivity index (χ4n) is 1.67. The van der Waals surface area contributed by atoms with E-state index in [0.29, 0.717) is 15.9 Å². The summed E-state index contributed by atoms with van der Waals surface area (Å²) in [6, 6.07) is 13.4. The van der Waals surface area contributed by atoms with Crippen LogP contribution in [0.15, 0.2) is 42.5 Å². The minimum atomic E-state index is 0.509. The van der Waals surface area contributed by atoms with Crippen LogP contribution in [-0.4, -0.2) is 12.2 Å². The van der Waals surface area contributed by atoms with Gasteiger partial charge in [0.1, 0.15) is 5.75 Å². The number of nitrogens with one attached hydrogen (secondary N) is 2. The minimum Gasteiger partial charge on any atom is -0.495 e. The van der Waals surface area contributed by atoms with Crippen molar-refractivity contribution >= 4 is 40.3 Å². The van der Waals surface area contributed by atoms with E-state index in [2.05, 4.69) is 10.6 Å². The molecule has 0 aliphatic carbocycles. The highest BCUT2D eigenvalue weighted by Crippen LogP contribution is 2.27. The Morgan fingerprint density at radius 3 is 2.25 bits per heavy atom. The molecular weight excluding hydrogens is 292 g/mol. The normalized spacial score (nSPS) is 9.95. The first kappa shape index (κ1) is 14.6. The van der Waals surface area contributed by atoms with Crippen LogP contribution in [0.5, 0.6) is 5.75 Å². The van der Waals surface area contributed by atoms with Crippen LogP contribution in [0.4, 0.5) is 11.4 Å². The van der Waals surface area contributed by atoms with Crippen LogP contribution in [-0.2, 0) is 0 Å². The van der Waals surface area contributed by atoms with E-state index < -0.39 is 0 Å². The predicted octanol–water partition coefficient (Wildman–Crippen LogP) is 4.47. The molecule has 20 heavy (non-hydrogen) atoms. The van der Waals surface area contributed by atoms with Crippen molar-refractivity contribution in [3.8, 4) is 5.75 Å². The molecule has 2 aromatic carbocycles. The molecule has 2 rings (SSSR count). The smallest absolute Gasteiger partial charge is 0.175 e. The monoisotopic (exact) mass is 306 g/mol. The van der Waals surface area contributed by atoms with Gasteiger partial charge in [0.25, 0.3) is 0 Å². The van der Waals surface area contributed by atoms with Gasteiger partial charge in [0.2, 0.25) is 0 Å². The molecule has 0 unspecified atom stereocenters. The molecule has 0 atom stereocenters. The third kappa shape index (κ3) is 3.85. The maximum atomic E-state index is 6.06. The zero-order valence-electron chi connectivity index (χ0n) is 11.2. The van der Waals surface area contributed by atoms with E-state index in [4.69, 9.17) is 28.6 Å². The molecule has 0 aliphatic heterocycles. The summed E-state index contributed by atoms with van der Waals surface area (Å²) < 4.78 is 5.10. The first-order valence-corrected chi connectivity index (χ1v) is 6.85. The number of benzene rings is 2. The largest absolute Gasteiger partial charge is 0.495 e. The van der Waals surface area contributed by atoms with Gasteiger partial charge in [-0.3, -0.25) is 0 Å². The van der Waals surface area contributed by atoms with Crippen molar-refractivity contribution < 1.29 is 4.74 Å². The van der Waals surface area contributed by atoms with Crippen LogP contribution < -0.4 is 15.4 Å². The molecule has 2 aromatic rings. The van der Waals surface area contributed by atoms with Crippen LogP contribution in [0.25, 0.3) is 0 Å².